The summed E-state index contributed by atoms with van der Waals surface area (Å²) in [6, 6.07) is 8.33. The molecule has 0 bridgehead atoms. The first-order chi connectivity index (χ1) is 8.84. The van der Waals surface area contributed by atoms with Gasteiger partial charge in [-0.3, -0.25) is 0 Å². The van der Waals surface area contributed by atoms with Crippen LogP contribution in [-0.4, -0.2) is 11.5 Å². The molecule has 0 aliphatic rings. The summed E-state index contributed by atoms with van der Waals surface area (Å²) < 4.78 is 1.14. The fraction of sp³-hybridized carbons (Fsp3) is 0.154. The molecule has 0 unspecified atom stereocenters. The number of thiazole rings is 1. The topological polar surface area (TPSA) is 50.9 Å². The van der Waals surface area contributed by atoms with Gasteiger partial charge in [-0.25, -0.2) is 4.98 Å². The van der Waals surface area contributed by atoms with Crippen molar-refractivity contribution in [3.63, 3.8) is 0 Å². The lowest BCUT2D eigenvalue weighted by Crippen LogP contribution is -2.06. The molecule has 0 spiro atoms. The first-order valence-corrected chi connectivity index (χ1v) is 7.48. The SMILES string of the molecule is Nc1c(NCCc2cccs2)ccc2scnc12. The van der Waals surface area contributed by atoms with Crippen molar-refractivity contribution in [1.29, 1.82) is 0 Å². The molecule has 18 heavy (non-hydrogen) atoms. The molecule has 3 nitrogen and oxygen atoms in total. The molecule has 0 saturated heterocycles. The van der Waals surface area contributed by atoms with Crippen LogP contribution in [0.25, 0.3) is 10.2 Å². The van der Waals surface area contributed by atoms with E-state index >= 15 is 0 Å². The van der Waals surface area contributed by atoms with E-state index in [1.807, 2.05) is 11.6 Å². The molecule has 1 aromatic carbocycles. The molecular formula is C13H13N3S2. The Morgan fingerprint density at radius 1 is 1.22 bits per heavy atom. The van der Waals surface area contributed by atoms with Gasteiger partial charge in [0, 0.05) is 11.4 Å². The van der Waals surface area contributed by atoms with Gasteiger partial charge in [0.1, 0.15) is 5.52 Å². The molecular weight excluding hydrogens is 262 g/mol. The van der Waals surface area contributed by atoms with E-state index in [1.165, 1.54) is 4.88 Å². The van der Waals surface area contributed by atoms with E-state index in [1.54, 1.807) is 22.7 Å². The van der Waals surface area contributed by atoms with Crippen LogP contribution in [0.4, 0.5) is 11.4 Å². The molecule has 0 radical (unpaired) electrons. The average molecular weight is 275 g/mol. The lowest BCUT2D eigenvalue weighted by molar-refractivity contribution is 1.05. The molecule has 0 fully saturated rings. The van der Waals surface area contributed by atoms with E-state index in [9.17, 15) is 0 Å². The lowest BCUT2D eigenvalue weighted by atomic mass is 10.2. The highest BCUT2D eigenvalue weighted by atomic mass is 32.1. The Hall–Kier alpha value is -1.59. The van der Waals surface area contributed by atoms with Crippen molar-refractivity contribution in [3.05, 3.63) is 40.0 Å². The van der Waals surface area contributed by atoms with Gasteiger partial charge < -0.3 is 11.1 Å². The molecule has 0 aliphatic heterocycles. The van der Waals surface area contributed by atoms with Crippen LogP contribution in [0.2, 0.25) is 0 Å². The van der Waals surface area contributed by atoms with Gasteiger partial charge in [0.2, 0.25) is 0 Å². The van der Waals surface area contributed by atoms with E-state index < -0.39 is 0 Å². The van der Waals surface area contributed by atoms with E-state index in [2.05, 4.69) is 33.9 Å². The Bertz CT molecular complexity index is 643. The smallest absolute Gasteiger partial charge is 0.106 e. The van der Waals surface area contributed by atoms with Crippen molar-refractivity contribution in [2.24, 2.45) is 0 Å². The standard InChI is InChI=1S/C13H13N3S2/c14-12-10(3-4-11-13(12)16-8-18-11)15-6-5-9-2-1-7-17-9/h1-4,7-8,15H,5-6,14H2. The van der Waals surface area contributed by atoms with Crippen molar-refractivity contribution < 1.29 is 0 Å². The number of nitrogens with zero attached hydrogens (tertiary/aromatic N) is 1. The van der Waals surface area contributed by atoms with Crippen molar-refractivity contribution in [2.45, 2.75) is 6.42 Å². The Kier molecular flexibility index (Phi) is 3.17. The minimum Gasteiger partial charge on any atom is -0.395 e. The lowest BCUT2D eigenvalue weighted by Gasteiger charge is -2.08. The number of nitrogens with two attached hydrogens (primary N) is 1. The Balaban J connectivity index is 1.72. The monoisotopic (exact) mass is 275 g/mol. The predicted molar refractivity (Wildman–Crippen MR) is 80.5 cm³/mol. The van der Waals surface area contributed by atoms with Crippen LogP contribution in [0.3, 0.4) is 0 Å². The number of hydrogen-bond donors (Lipinski definition) is 2. The van der Waals surface area contributed by atoms with Crippen LogP contribution in [0.1, 0.15) is 4.88 Å². The highest BCUT2D eigenvalue weighted by Gasteiger charge is 2.06. The summed E-state index contributed by atoms with van der Waals surface area (Å²) in [4.78, 5) is 5.68. The Labute approximate surface area is 113 Å². The van der Waals surface area contributed by atoms with Crippen LogP contribution in [-0.2, 0) is 6.42 Å². The number of aromatic nitrogens is 1. The summed E-state index contributed by atoms with van der Waals surface area (Å²) >= 11 is 3.40. The highest BCUT2D eigenvalue weighted by molar-refractivity contribution is 7.16. The zero-order chi connectivity index (χ0) is 12.4. The van der Waals surface area contributed by atoms with E-state index in [-0.39, 0.29) is 0 Å². The maximum Gasteiger partial charge on any atom is 0.106 e. The molecule has 0 saturated carbocycles. The molecule has 5 heteroatoms. The summed E-state index contributed by atoms with van der Waals surface area (Å²) in [5.74, 6) is 0. The van der Waals surface area contributed by atoms with Crippen LogP contribution < -0.4 is 11.1 Å². The summed E-state index contributed by atoms with van der Waals surface area (Å²) in [7, 11) is 0. The van der Waals surface area contributed by atoms with Gasteiger partial charge in [-0.15, -0.1) is 22.7 Å². The molecule has 0 atom stereocenters. The highest BCUT2D eigenvalue weighted by Crippen LogP contribution is 2.29. The van der Waals surface area contributed by atoms with Gasteiger partial charge in [-0.2, -0.15) is 0 Å². The van der Waals surface area contributed by atoms with Crippen LogP contribution >= 0.6 is 22.7 Å². The molecule has 2 aromatic heterocycles. The van der Waals surface area contributed by atoms with Gasteiger partial charge in [0.05, 0.1) is 21.6 Å². The number of nitrogen functional groups attached to an aromatic ring is 1. The maximum atomic E-state index is 6.11. The second-order valence-corrected chi connectivity index (χ2v) is 5.90. The number of hydrogen-bond acceptors (Lipinski definition) is 5. The average Bonchev–Trinajstić information content (AvgIpc) is 3.02. The number of anilines is 2. The Morgan fingerprint density at radius 2 is 2.17 bits per heavy atom. The van der Waals surface area contributed by atoms with Crippen LogP contribution in [0.5, 0.6) is 0 Å². The molecule has 3 aromatic rings. The molecule has 0 aliphatic carbocycles. The van der Waals surface area contributed by atoms with Gasteiger partial charge >= 0.3 is 0 Å². The van der Waals surface area contributed by atoms with E-state index in [0.29, 0.717) is 0 Å². The van der Waals surface area contributed by atoms with Crippen LogP contribution in [0.15, 0.2) is 35.2 Å². The van der Waals surface area contributed by atoms with Gasteiger partial charge in [0.25, 0.3) is 0 Å². The second kappa shape index (κ2) is 4.96. The van der Waals surface area contributed by atoms with Gasteiger partial charge in [-0.1, -0.05) is 6.07 Å². The largest absolute Gasteiger partial charge is 0.395 e. The normalized spacial score (nSPS) is 10.9. The van der Waals surface area contributed by atoms with Crippen molar-refractivity contribution in [3.8, 4) is 0 Å². The number of thiophene rings is 1. The quantitative estimate of drug-likeness (QED) is 0.715. The third-order valence-electron chi connectivity index (χ3n) is 2.81. The van der Waals surface area contributed by atoms with Crippen molar-refractivity contribution in [1.82, 2.24) is 4.98 Å². The first-order valence-electron chi connectivity index (χ1n) is 5.72. The van der Waals surface area contributed by atoms with Gasteiger partial charge in [-0.05, 0) is 30.0 Å². The second-order valence-electron chi connectivity index (χ2n) is 3.98. The van der Waals surface area contributed by atoms with Crippen molar-refractivity contribution in [2.75, 3.05) is 17.6 Å². The minimum absolute atomic E-state index is 0.750. The first kappa shape index (κ1) is 11.5. The molecule has 0 amide bonds. The van der Waals surface area contributed by atoms with Gasteiger partial charge in [0.15, 0.2) is 0 Å². The van der Waals surface area contributed by atoms with E-state index in [0.717, 1.165) is 34.6 Å². The molecule has 3 N–H and O–H groups in total. The third kappa shape index (κ3) is 2.19. The fourth-order valence-electron chi connectivity index (χ4n) is 1.88. The number of rotatable bonds is 4. The van der Waals surface area contributed by atoms with E-state index in [4.69, 9.17) is 5.73 Å². The summed E-state index contributed by atoms with van der Waals surface area (Å²) in [6.45, 7) is 0.889. The summed E-state index contributed by atoms with van der Waals surface area (Å²) in [5.41, 5.74) is 10.6. The maximum absolute atomic E-state index is 6.11. The van der Waals surface area contributed by atoms with Crippen molar-refractivity contribution >= 4 is 44.3 Å². The molecule has 2 heterocycles. The fourth-order valence-corrected chi connectivity index (χ4v) is 3.28. The zero-order valence-corrected chi connectivity index (χ0v) is 11.4. The number of benzene rings is 1. The third-order valence-corrected chi connectivity index (χ3v) is 4.54. The molecule has 3 rings (SSSR count). The predicted octanol–water partition coefficient (Wildman–Crippen LogP) is 3.59. The summed E-state index contributed by atoms with van der Waals surface area (Å²) in [6.07, 6.45) is 1.02. The zero-order valence-electron chi connectivity index (χ0n) is 9.72. The summed E-state index contributed by atoms with van der Waals surface area (Å²) in [5, 5.41) is 5.48. The Morgan fingerprint density at radius 3 is 3.00 bits per heavy atom. The minimum atomic E-state index is 0.750. The molecule has 92 valence electrons. The van der Waals surface area contributed by atoms with Crippen LogP contribution in [0, 0.1) is 0 Å². The number of nitrogens with one attached hydrogen (secondary N) is 1. The number of fused-ring (bicyclic) bond motifs is 1.